The number of nitrogens with one attached hydrogen (secondary N) is 1. The van der Waals surface area contributed by atoms with Gasteiger partial charge in [-0.2, -0.15) is 0 Å². The summed E-state index contributed by atoms with van der Waals surface area (Å²) in [5.41, 5.74) is 1.59. The van der Waals surface area contributed by atoms with E-state index in [9.17, 15) is 9.59 Å². The topological polar surface area (TPSA) is 77.5 Å². The Morgan fingerprint density at radius 1 is 1.25 bits per heavy atom. The summed E-state index contributed by atoms with van der Waals surface area (Å²) in [5, 5.41) is 5.28. The fourth-order valence-corrected chi connectivity index (χ4v) is 2.74. The fraction of sp³-hybridized carbons (Fsp3) is 0.353. The third-order valence-corrected chi connectivity index (χ3v) is 4.09. The molecule has 7 heteroatoms. The van der Waals surface area contributed by atoms with Crippen LogP contribution in [0, 0.1) is 0 Å². The second-order valence-corrected chi connectivity index (χ2v) is 5.92. The monoisotopic (exact) mass is 348 g/mol. The molecule has 1 N–H and O–H groups in total. The van der Waals surface area contributed by atoms with E-state index in [2.05, 4.69) is 10.3 Å². The van der Waals surface area contributed by atoms with Crippen LogP contribution < -0.4 is 10.1 Å². The lowest BCUT2D eigenvalue weighted by Crippen LogP contribution is -2.29. The van der Waals surface area contributed by atoms with Gasteiger partial charge in [-0.25, -0.2) is 4.98 Å². The van der Waals surface area contributed by atoms with E-state index < -0.39 is 5.97 Å². The molecule has 6 nitrogen and oxygen atoms in total. The van der Waals surface area contributed by atoms with E-state index in [1.165, 1.54) is 11.3 Å². The van der Waals surface area contributed by atoms with Crippen LogP contribution in [-0.2, 0) is 20.7 Å². The molecule has 0 saturated heterocycles. The van der Waals surface area contributed by atoms with Crippen molar-refractivity contribution in [3.63, 3.8) is 0 Å². The predicted octanol–water partition coefficient (Wildman–Crippen LogP) is 2.43. The lowest BCUT2D eigenvalue weighted by atomic mass is 10.2. The lowest BCUT2D eigenvalue weighted by molar-refractivity contribution is -0.147. The van der Waals surface area contributed by atoms with Gasteiger partial charge in [-0.05, 0) is 30.7 Å². The Labute approximate surface area is 144 Å². The number of aromatic nitrogens is 1. The van der Waals surface area contributed by atoms with E-state index in [0.29, 0.717) is 12.2 Å². The van der Waals surface area contributed by atoms with Crippen LogP contribution in [0.2, 0.25) is 0 Å². The number of esters is 1. The van der Waals surface area contributed by atoms with E-state index >= 15 is 0 Å². The first-order valence-corrected chi connectivity index (χ1v) is 8.51. The van der Waals surface area contributed by atoms with Crippen LogP contribution in [0.4, 0.5) is 0 Å². The van der Waals surface area contributed by atoms with Crippen LogP contribution in [0.1, 0.15) is 19.0 Å². The minimum Gasteiger partial charge on any atom is -0.497 e. The Balaban J connectivity index is 1.86. The zero-order valence-electron chi connectivity index (χ0n) is 13.7. The van der Waals surface area contributed by atoms with E-state index in [1.807, 2.05) is 36.6 Å². The second-order valence-electron chi connectivity index (χ2n) is 5.06. The van der Waals surface area contributed by atoms with Gasteiger partial charge in [0.1, 0.15) is 10.8 Å². The highest BCUT2D eigenvalue weighted by molar-refractivity contribution is 7.13. The molecule has 0 spiro atoms. The smallest absolute Gasteiger partial charge is 0.312 e. The van der Waals surface area contributed by atoms with Gasteiger partial charge in [-0.3, -0.25) is 9.59 Å². The first-order valence-electron chi connectivity index (χ1n) is 7.63. The SMILES string of the molecule is CCCNC(=O)COC(=O)Cc1csc(-c2ccc(OC)cc2)n1. The number of carbonyl (C=O) groups is 2. The van der Waals surface area contributed by atoms with Crippen molar-refractivity contribution in [2.24, 2.45) is 0 Å². The zero-order chi connectivity index (χ0) is 17.4. The van der Waals surface area contributed by atoms with Crippen molar-refractivity contribution in [2.45, 2.75) is 19.8 Å². The van der Waals surface area contributed by atoms with Crippen molar-refractivity contribution in [1.29, 1.82) is 0 Å². The van der Waals surface area contributed by atoms with E-state index in [0.717, 1.165) is 22.7 Å². The number of amides is 1. The molecule has 0 atom stereocenters. The van der Waals surface area contributed by atoms with Gasteiger partial charge in [0.25, 0.3) is 5.91 Å². The number of hydrogen-bond donors (Lipinski definition) is 1. The first kappa shape index (κ1) is 17.9. The number of hydrogen-bond acceptors (Lipinski definition) is 6. The van der Waals surface area contributed by atoms with E-state index in [4.69, 9.17) is 9.47 Å². The summed E-state index contributed by atoms with van der Waals surface area (Å²) in [4.78, 5) is 27.6. The van der Waals surface area contributed by atoms with Gasteiger partial charge in [-0.1, -0.05) is 6.92 Å². The van der Waals surface area contributed by atoms with Gasteiger partial charge < -0.3 is 14.8 Å². The number of nitrogens with zero attached hydrogens (tertiary/aromatic N) is 1. The van der Waals surface area contributed by atoms with Crippen LogP contribution >= 0.6 is 11.3 Å². The molecule has 0 unspecified atom stereocenters. The molecule has 24 heavy (non-hydrogen) atoms. The molecule has 2 rings (SSSR count). The summed E-state index contributed by atoms with van der Waals surface area (Å²) in [6.07, 6.45) is 0.889. The van der Waals surface area contributed by atoms with Crippen molar-refractivity contribution >= 4 is 23.2 Å². The summed E-state index contributed by atoms with van der Waals surface area (Å²) in [6, 6.07) is 7.55. The summed E-state index contributed by atoms with van der Waals surface area (Å²) in [5.74, 6) is 0.0242. The van der Waals surface area contributed by atoms with Gasteiger partial charge in [0.2, 0.25) is 0 Å². The maximum absolute atomic E-state index is 11.8. The molecule has 1 amide bonds. The number of benzene rings is 1. The molecule has 128 valence electrons. The molecule has 0 bridgehead atoms. The summed E-state index contributed by atoms with van der Waals surface area (Å²) in [7, 11) is 1.62. The molecule has 1 heterocycles. The molecule has 1 aromatic carbocycles. The average molecular weight is 348 g/mol. The summed E-state index contributed by atoms with van der Waals surface area (Å²) < 4.78 is 10.1. The van der Waals surface area contributed by atoms with Crippen LogP contribution in [-0.4, -0.2) is 37.1 Å². The first-order chi connectivity index (χ1) is 11.6. The number of rotatable bonds is 8. The van der Waals surface area contributed by atoms with Crippen molar-refractivity contribution in [3.05, 3.63) is 35.3 Å². The number of methoxy groups -OCH3 is 1. The molecule has 0 fully saturated rings. The Bertz CT molecular complexity index is 682. The van der Waals surface area contributed by atoms with Crippen LogP contribution in [0.3, 0.4) is 0 Å². The van der Waals surface area contributed by atoms with Gasteiger partial charge in [0, 0.05) is 17.5 Å². The third-order valence-electron chi connectivity index (χ3n) is 3.15. The number of carbonyl (C=O) groups excluding carboxylic acids is 2. The second kappa shape index (κ2) is 9.02. The minimum atomic E-state index is -0.465. The Kier molecular flexibility index (Phi) is 6.74. The zero-order valence-corrected chi connectivity index (χ0v) is 14.5. The molecule has 0 aliphatic carbocycles. The van der Waals surface area contributed by atoms with Crippen molar-refractivity contribution in [2.75, 3.05) is 20.3 Å². The predicted molar refractivity (Wildman–Crippen MR) is 92.1 cm³/mol. The molecular formula is C17H20N2O4S. The third kappa shape index (κ3) is 5.34. The highest BCUT2D eigenvalue weighted by Gasteiger charge is 2.12. The lowest BCUT2D eigenvalue weighted by Gasteiger charge is -2.04. The van der Waals surface area contributed by atoms with E-state index in [-0.39, 0.29) is 18.9 Å². The maximum atomic E-state index is 11.8. The molecular weight excluding hydrogens is 328 g/mol. The van der Waals surface area contributed by atoms with Gasteiger partial charge in [-0.15, -0.1) is 11.3 Å². The highest BCUT2D eigenvalue weighted by Crippen LogP contribution is 2.25. The quantitative estimate of drug-likeness (QED) is 0.742. The number of ether oxygens (including phenoxy) is 2. The van der Waals surface area contributed by atoms with Crippen LogP contribution in [0.25, 0.3) is 10.6 Å². The molecule has 0 aliphatic rings. The Hall–Kier alpha value is -2.41. The molecule has 0 saturated carbocycles. The van der Waals surface area contributed by atoms with Gasteiger partial charge in [0.15, 0.2) is 6.61 Å². The Morgan fingerprint density at radius 2 is 2.00 bits per heavy atom. The van der Waals surface area contributed by atoms with E-state index in [1.54, 1.807) is 7.11 Å². The molecule has 2 aromatic rings. The van der Waals surface area contributed by atoms with Gasteiger partial charge >= 0.3 is 5.97 Å². The molecule has 0 aliphatic heterocycles. The minimum absolute atomic E-state index is 0.0493. The largest absolute Gasteiger partial charge is 0.497 e. The molecule has 1 aromatic heterocycles. The normalized spacial score (nSPS) is 10.2. The fourth-order valence-electron chi connectivity index (χ4n) is 1.91. The number of thiazole rings is 1. The average Bonchev–Trinajstić information content (AvgIpc) is 3.06. The molecule has 0 radical (unpaired) electrons. The van der Waals surface area contributed by atoms with Crippen molar-refractivity contribution in [3.8, 4) is 16.3 Å². The van der Waals surface area contributed by atoms with Crippen LogP contribution in [0.15, 0.2) is 29.6 Å². The maximum Gasteiger partial charge on any atom is 0.312 e. The Morgan fingerprint density at radius 3 is 2.67 bits per heavy atom. The van der Waals surface area contributed by atoms with Crippen molar-refractivity contribution < 1.29 is 19.1 Å². The summed E-state index contributed by atoms with van der Waals surface area (Å²) in [6.45, 7) is 2.27. The van der Waals surface area contributed by atoms with Crippen molar-refractivity contribution in [1.82, 2.24) is 10.3 Å². The summed E-state index contributed by atoms with van der Waals surface area (Å²) >= 11 is 1.45. The standard InChI is InChI=1S/C17H20N2O4S/c1-3-8-18-15(20)10-23-16(21)9-13-11-24-17(19-13)12-4-6-14(22-2)7-5-12/h4-7,11H,3,8-10H2,1-2H3,(H,18,20). The highest BCUT2D eigenvalue weighted by atomic mass is 32.1. The van der Waals surface area contributed by atoms with Crippen LogP contribution in [0.5, 0.6) is 5.75 Å². The van der Waals surface area contributed by atoms with Gasteiger partial charge in [0.05, 0.1) is 19.2 Å².